The van der Waals surface area contributed by atoms with Crippen molar-refractivity contribution in [3.63, 3.8) is 0 Å². The molecule has 1 saturated carbocycles. The number of carbonyl (C=O) groups excluding carboxylic acids is 1. The Labute approximate surface area is 179 Å². The van der Waals surface area contributed by atoms with Crippen molar-refractivity contribution in [1.29, 1.82) is 0 Å². The van der Waals surface area contributed by atoms with Crippen LogP contribution < -0.4 is 15.4 Å². The maximum Gasteiger partial charge on any atom is 0.241 e. The second-order valence-corrected chi connectivity index (χ2v) is 7.80. The van der Waals surface area contributed by atoms with Gasteiger partial charge >= 0.3 is 0 Å². The molecule has 2 aliphatic rings. The van der Waals surface area contributed by atoms with Crippen LogP contribution in [0.4, 0.5) is 5.69 Å². The first-order chi connectivity index (χ1) is 12.0. The van der Waals surface area contributed by atoms with Crippen molar-refractivity contribution in [3.05, 3.63) is 23.2 Å². The first-order valence-electron chi connectivity index (χ1n) is 9.17. The number of nitrogens with zero attached hydrogens (tertiary/aromatic N) is 1. The van der Waals surface area contributed by atoms with E-state index in [0.717, 1.165) is 13.0 Å². The molecule has 0 radical (unpaired) electrons. The average Bonchev–Trinajstić information content (AvgIpc) is 3.01. The zero-order valence-electron chi connectivity index (χ0n) is 15.9. The lowest BCUT2D eigenvalue weighted by molar-refractivity contribution is -0.117. The van der Waals surface area contributed by atoms with Gasteiger partial charge in [-0.2, -0.15) is 0 Å². The van der Waals surface area contributed by atoms with Gasteiger partial charge in [0.15, 0.2) is 0 Å². The van der Waals surface area contributed by atoms with E-state index in [-0.39, 0.29) is 36.8 Å². The third kappa shape index (κ3) is 6.68. The van der Waals surface area contributed by atoms with Crippen LogP contribution in [0.25, 0.3) is 0 Å². The number of nitrogens with one attached hydrogen (secondary N) is 2. The molecule has 3 unspecified atom stereocenters. The largest absolute Gasteiger partial charge is 0.491 e. The Morgan fingerprint density at radius 1 is 1.30 bits per heavy atom. The van der Waals surface area contributed by atoms with Crippen molar-refractivity contribution in [2.24, 2.45) is 5.92 Å². The molecular formula is C19H30Cl3N3O2. The van der Waals surface area contributed by atoms with Crippen molar-refractivity contribution in [1.82, 2.24) is 10.2 Å². The molecule has 8 heteroatoms. The predicted octanol–water partition coefficient (Wildman–Crippen LogP) is 3.98. The molecule has 1 aliphatic heterocycles. The Kier molecular flexibility index (Phi) is 10.2. The predicted molar refractivity (Wildman–Crippen MR) is 116 cm³/mol. The molecule has 1 aliphatic carbocycles. The van der Waals surface area contributed by atoms with Crippen molar-refractivity contribution >= 4 is 48.0 Å². The van der Waals surface area contributed by atoms with E-state index in [2.05, 4.69) is 15.5 Å². The summed E-state index contributed by atoms with van der Waals surface area (Å²) in [7, 11) is 3.99. The maximum absolute atomic E-state index is 12.5. The van der Waals surface area contributed by atoms with Gasteiger partial charge in [0.05, 0.1) is 11.1 Å². The minimum absolute atomic E-state index is 0. The van der Waals surface area contributed by atoms with Gasteiger partial charge in [-0.25, -0.2) is 0 Å². The number of carbonyl (C=O) groups is 1. The van der Waals surface area contributed by atoms with Crippen molar-refractivity contribution in [2.75, 3.05) is 32.6 Å². The molecule has 1 saturated heterocycles. The topological polar surface area (TPSA) is 53.6 Å². The highest BCUT2D eigenvalue weighted by atomic mass is 35.5. The molecule has 3 rings (SSSR count). The number of halogens is 3. The summed E-state index contributed by atoms with van der Waals surface area (Å²) in [5.74, 6) is 1.33. The lowest BCUT2D eigenvalue weighted by Gasteiger charge is -2.24. The third-order valence-electron chi connectivity index (χ3n) is 5.17. The molecule has 2 fully saturated rings. The van der Waals surface area contributed by atoms with Crippen LogP contribution in [0.2, 0.25) is 5.02 Å². The van der Waals surface area contributed by atoms with E-state index in [4.69, 9.17) is 16.3 Å². The first-order valence-corrected chi connectivity index (χ1v) is 9.54. The van der Waals surface area contributed by atoms with Crippen molar-refractivity contribution in [2.45, 2.75) is 44.2 Å². The fraction of sp³-hybridized carbons (Fsp3) is 0.632. The number of rotatable bonds is 6. The Morgan fingerprint density at radius 2 is 2.04 bits per heavy atom. The van der Waals surface area contributed by atoms with E-state index in [1.807, 2.05) is 26.2 Å². The highest BCUT2D eigenvalue weighted by Crippen LogP contribution is 2.34. The SMILES string of the molecule is CN(C)CCOc1ccc(NC(=O)C2CC3CCCCC3N2)cc1Cl.Cl.Cl. The lowest BCUT2D eigenvalue weighted by atomic mass is 9.85. The van der Waals surface area contributed by atoms with Crippen LogP contribution in [-0.4, -0.2) is 50.1 Å². The second kappa shape index (κ2) is 11.3. The van der Waals surface area contributed by atoms with E-state index >= 15 is 0 Å². The number of hydrogen-bond acceptors (Lipinski definition) is 4. The summed E-state index contributed by atoms with van der Waals surface area (Å²) in [4.78, 5) is 14.6. The summed E-state index contributed by atoms with van der Waals surface area (Å²) in [6.07, 6.45) is 5.94. The van der Waals surface area contributed by atoms with E-state index < -0.39 is 0 Å². The maximum atomic E-state index is 12.5. The third-order valence-corrected chi connectivity index (χ3v) is 5.47. The Balaban J connectivity index is 0.00000182. The summed E-state index contributed by atoms with van der Waals surface area (Å²) in [6.45, 7) is 1.40. The van der Waals surface area contributed by atoms with Gasteiger partial charge in [-0.15, -0.1) is 24.8 Å². The van der Waals surface area contributed by atoms with Gasteiger partial charge < -0.3 is 20.3 Å². The van der Waals surface area contributed by atoms with Crippen LogP contribution in [0.3, 0.4) is 0 Å². The molecule has 3 atom stereocenters. The Bertz CT molecular complexity index is 602. The van der Waals surface area contributed by atoms with Gasteiger partial charge in [-0.05, 0) is 57.5 Å². The number of ether oxygens (including phenoxy) is 1. The van der Waals surface area contributed by atoms with Crippen molar-refractivity contribution in [3.8, 4) is 5.75 Å². The molecule has 0 spiro atoms. The summed E-state index contributed by atoms with van der Waals surface area (Å²) < 4.78 is 5.67. The van der Waals surface area contributed by atoms with Gasteiger partial charge in [-0.1, -0.05) is 24.4 Å². The normalized spacial score (nSPS) is 23.8. The molecule has 5 nitrogen and oxygen atoms in total. The molecule has 154 valence electrons. The van der Waals surface area contributed by atoms with Crippen LogP contribution in [-0.2, 0) is 4.79 Å². The molecule has 1 aromatic rings. The molecule has 27 heavy (non-hydrogen) atoms. The average molecular weight is 439 g/mol. The quantitative estimate of drug-likeness (QED) is 0.705. The fourth-order valence-electron chi connectivity index (χ4n) is 3.78. The van der Waals surface area contributed by atoms with Crippen LogP contribution in [0, 0.1) is 5.92 Å². The number of benzene rings is 1. The number of likely N-dealkylation sites (N-methyl/N-ethyl adjacent to an activating group) is 1. The van der Waals surface area contributed by atoms with Crippen LogP contribution in [0.15, 0.2) is 18.2 Å². The van der Waals surface area contributed by atoms with E-state index in [9.17, 15) is 4.79 Å². The Hall–Kier alpha value is -0.720. The van der Waals surface area contributed by atoms with E-state index in [1.54, 1.807) is 6.07 Å². The van der Waals surface area contributed by atoms with Gasteiger partial charge in [-0.3, -0.25) is 4.79 Å². The highest BCUT2D eigenvalue weighted by Gasteiger charge is 2.38. The molecule has 2 N–H and O–H groups in total. The fourth-order valence-corrected chi connectivity index (χ4v) is 4.02. The summed E-state index contributed by atoms with van der Waals surface area (Å²) >= 11 is 6.28. The molecule has 0 aromatic heterocycles. The first kappa shape index (κ1) is 24.3. The van der Waals surface area contributed by atoms with Crippen LogP contribution in [0.1, 0.15) is 32.1 Å². The van der Waals surface area contributed by atoms with Gasteiger partial charge in [0.2, 0.25) is 5.91 Å². The zero-order valence-corrected chi connectivity index (χ0v) is 18.3. The summed E-state index contributed by atoms with van der Waals surface area (Å²) in [5, 5.41) is 7.01. The Morgan fingerprint density at radius 3 is 2.70 bits per heavy atom. The molecule has 1 heterocycles. The second-order valence-electron chi connectivity index (χ2n) is 7.39. The number of anilines is 1. The number of amides is 1. The minimum atomic E-state index is -0.0945. The number of hydrogen-bond donors (Lipinski definition) is 2. The zero-order chi connectivity index (χ0) is 17.8. The van der Waals surface area contributed by atoms with Gasteiger partial charge in [0, 0.05) is 18.3 Å². The van der Waals surface area contributed by atoms with Crippen LogP contribution >= 0.6 is 36.4 Å². The summed E-state index contributed by atoms with van der Waals surface area (Å²) in [5.41, 5.74) is 0.714. The molecule has 0 bridgehead atoms. The number of fused-ring (bicyclic) bond motifs is 1. The molecule has 1 amide bonds. The monoisotopic (exact) mass is 437 g/mol. The van der Waals surface area contributed by atoms with Crippen molar-refractivity contribution < 1.29 is 9.53 Å². The van der Waals surface area contributed by atoms with Gasteiger partial charge in [0.1, 0.15) is 12.4 Å². The smallest absolute Gasteiger partial charge is 0.241 e. The van der Waals surface area contributed by atoms with E-state index in [1.165, 1.54) is 25.7 Å². The van der Waals surface area contributed by atoms with Gasteiger partial charge in [0.25, 0.3) is 0 Å². The summed E-state index contributed by atoms with van der Waals surface area (Å²) in [6, 6.07) is 5.84. The molecule has 1 aromatic carbocycles. The minimum Gasteiger partial charge on any atom is -0.491 e. The van der Waals surface area contributed by atoms with E-state index in [0.29, 0.717) is 35.0 Å². The lowest BCUT2D eigenvalue weighted by Crippen LogP contribution is -2.39. The standard InChI is InChI=1S/C19H28ClN3O2.2ClH/c1-23(2)9-10-25-18-8-7-14(12-15(18)20)21-19(24)17-11-13-5-3-4-6-16(13)22-17;;/h7-8,12-13,16-17,22H,3-6,9-11H2,1-2H3,(H,21,24);2*1H. The highest BCUT2D eigenvalue weighted by molar-refractivity contribution is 6.32. The van der Waals surface area contributed by atoms with Crippen LogP contribution in [0.5, 0.6) is 5.75 Å². The molecular weight excluding hydrogens is 409 g/mol.